The molecule has 31 heavy (non-hydrogen) atoms. The summed E-state index contributed by atoms with van der Waals surface area (Å²) >= 11 is 1.11. The van der Waals surface area contributed by atoms with Gasteiger partial charge in [0.1, 0.15) is 0 Å². The Morgan fingerprint density at radius 1 is 1.26 bits per heavy atom. The van der Waals surface area contributed by atoms with Gasteiger partial charge in [-0.05, 0) is 37.3 Å². The molecule has 0 aliphatic rings. The fourth-order valence-electron chi connectivity index (χ4n) is 3.01. The molecule has 1 heterocycles. The third-order valence-corrected chi connectivity index (χ3v) is 6.27. The van der Waals surface area contributed by atoms with Gasteiger partial charge in [0.15, 0.2) is 5.16 Å². The maximum absolute atomic E-state index is 13.0. The summed E-state index contributed by atoms with van der Waals surface area (Å²) in [6, 6.07) is 12.4. The van der Waals surface area contributed by atoms with Crippen molar-refractivity contribution in [3.63, 3.8) is 0 Å². The van der Waals surface area contributed by atoms with Crippen molar-refractivity contribution >= 4 is 44.3 Å². The van der Waals surface area contributed by atoms with Gasteiger partial charge in [-0.1, -0.05) is 30.0 Å². The minimum atomic E-state index is -3.88. The van der Waals surface area contributed by atoms with Gasteiger partial charge >= 0.3 is 0 Å². The first-order chi connectivity index (χ1) is 14.7. The van der Waals surface area contributed by atoms with Crippen LogP contribution in [0.2, 0.25) is 0 Å². The van der Waals surface area contributed by atoms with E-state index in [4.69, 9.17) is 9.88 Å². The number of carbonyl (C=O) groups excluding carboxylic acids is 1. The van der Waals surface area contributed by atoms with Crippen LogP contribution in [0.5, 0.6) is 0 Å². The fourth-order valence-corrected chi connectivity index (χ4v) is 4.47. The molecule has 0 radical (unpaired) electrons. The Balaban J connectivity index is 1.84. The summed E-state index contributed by atoms with van der Waals surface area (Å²) in [5, 5.41) is 8.63. The summed E-state index contributed by atoms with van der Waals surface area (Å²) in [5.41, 5.74) is 0.629. The number of hydrogen-bond donors (Lipinski definition) is 2. The van der Waals surface area contributed by atoms with Crippen LogP contribution in [-0.2, 0) is 19.6 Å². The zero-order valence-electron chi connectivity index (χ0n) is 16.9. The first kappa shape index (κ1) is 22.9. The summed E-state index contributed by atoms with van der Waals surface area (Å²) in [7, 11) is -2.33. The molecule has 0 aliphatic heterocycles. The third-order valence-electron chi connectivity index (χ3n) is 4.40. The average molecular weight is 463 g/mol. The predicted molar refractivity (Wildman–Crippen MR) is 120 cm³/mol. The molecule has 0 spiro atoms. The Bertz CT molecular complexity index is 1270. The molecule has 1 atom stereocenters. The van der Waals surface area contributed by atoms with E-state index in [1.807, 2.05) is 6.92 Å². The first-order valence-electron chi connectivity index (χ1n) is 9.26. The second-order valence-electron chi connectivity index (χ2n) is 6.80. The van der Waals surface area contributed by atoms with E-state index in [0.29, 0.717) is 28.4 Å². The van der Waals surface area contributed by atoms with Crippen LogP contribution in [0.25, 0.3) is 10.9 Å². The molecule has 0 fully saturated rings. The molecule has 0 saturated carbocycles. The minimum absolute atomic E-state index is 0.0376. The molecule has 3 N–H and O–H groups in total. The van der Waals surface area contributed by atoms with Crippen LogP contribution >= 0.6 is 11.8 Å². The lowest BCUT2D eigenvalue weighted by Crippen LogP contribution is -2.29. The fraction of sp³-hybridized carbons (Fsp3) is 0.250. The lowest BCUT2D eigenvalue weighted by molar-refractivity contribution is -0.113. The second kappa shape index (κ2) is 9.60. The van der Waals surface area contributed by atoms with Gasteiger partial charge in [0.25, 0.3) is 5.56 Å². The smallest absolute Gasteiger partial charge is 0.262 e. The molecule has 0 bridgehead atoms. The van der Waals surface area contributed by atoms with Crippen LogP contribution in [0.15, 0.2) is 63.4 Å². The molecule has 1 aromatic heterocycles. The van der Waals surface area contributed by atoms with E-state index in [1.54, 1.807) is 37.4 Å². The molecule has 0 aliphatic carbocycles. The quantitative estimate of drug-likeness (QED) is 0.386. The number of nitrogens with two attached hydrogens (primary N) is 1. The van der Waals surface area contributed by atoms with E-state index in [0.717, 1.165) is 11.8 Å². The Morgan fingerprint density at radius 2 is 2.00 bits per heavy atom. The number of nitrogens with zero attached hydrogens (tertiary/aromatic N) is 2. The molecular formula is C20H22N4O5S2. The Hall–Kier alpha value is -2.73. The normalized spacial score (nSPS) is 12.6. The Labute approximate surface area is 183 Å². The summed E-state index contributed by atoms with van der Waals surface area (Å²) in [5.74, 6) is -0.422. The number of fused-ring (bicyclic) bond motifs is 1. The number of para-hydroxylation sites is 1. The van der Waals surface area contributed by atoms with Crippen molar-refractivity contribution in [3.05, 3.63) is 58.9 Å². The van der Waals surface area contributed by atoms with E-state index in [1.165, 1.54) is 22.8 Å². The van der Waals surface area contributed by atoms with Crippen molar-refractivity contribution in [1.82, 2.24) is 9.55 Å². The van der Waals surface area contributed by atoms with Crippen LogP contribution in [0.1, 0.15) is 13.0 Å². The molecule has 9 nitrogen and oxygen atoms in total. The highest BCUT2D eigenvalue weighted by Crippen LogP contribution is 2.22. The van der Waals surface area contributed by atoms with Crippen molar-refractivity contribution < 1.29 is 17.9 Å². The van der Waals surface area contributed by atoms with Crippen molar-refractivity contribution in [2.75, 3.05) is 24.8 Å². The highest BCUT2D eigenvalue weighted by Gasteiger charge is 2.18. The maximum atomic E-state index is 13.0. The number of carbonyl (C=O) groups is 1. The number of aromatic nitrogens is 2. The topological polar surface area (TPSA) is 133 Å². The second-order valence-corrected chi connectivity index (χ2v) is 9.30. The maximum Gasteiger partial charge on any atom is 0.262 e. The first-order valence-corrected chi connectivity index (χ1v) is 11.8. The van der Waals surface area contributed by atoms with E-state index < -0.39 is 10.0 Å². The number of hydrogen-bond acceptors (Lipinski definition) is 7. The lowest BCUT2D eigenvalue weighted by atomic mass is 10.2. The van der Waals surface area contributed by atoms with E-state index in [-0.39, 0.29) is 28.2 Å². The number of nitrogens with one attached hydrogen (secondary N) is 1. The van der Waals surface area contributed by atoms with E-state index >= 15 is 0 Å². The standard InChI is InChI=1S/C20H22N4O5S2/c1-13(11-29-2)24-19(26)16-8-3-4-9-17(16)23-20(24)30-12-18(25)22-14-6-5-7-15(10-14)31(21,27)28/h3-10,13H,11-12H2,1-2H3,(H,22,25)(H2,21,27,28). The lowest BCUT2D eigenvalue weighted by Gasteiger charge is -2.18. The summed E-state index contributed by atoms with van der Waals surface area (Å²) in [6.45, 7) is 2.14. The van der Waals surface area contributed by atoms with Crippen LogP contribution < -0.4 is 16.0 Å². The molecular weight excluding hydrogens is 440 g/mol. The van der Waals surface area contributed by atoms with Gasteiger partial charge in [-0.15, -0.1) is 0 Å². The molecule has 3 aromatic rings. The zero-order valence-corrected chi connectivity index (χ0v) is 18.6. The number of rotatable bonds is 8. The van der Waals surface area contributed by atoms with Gasteiger partial charge in [-0.2, -0.15) is 0 Å². The van der Waals surface area contributed by atoms with Crippen molar-refractivity contribution in [1.29, 1.82) is 0 Å². The third kappa shape index (κ3) is 5.50. The van der Waals surface area contributed by atoms with Gasteiger partial charge in [0, 0.05) is 12.8 Å². The molecule has 11 heteroatoms. The van der Waals surface area contributed by atoms with Crippen LogP contribution in [0, 0.1) is 0 Å². The number of methoxy groups -OCH3 is 1. The highest BCUT2D eigenvalue weighted by atomic mass is 32.2. The Morgan fingerprint density at radius 3 is 2.71 bits per heavy atom. The summed E-state index contributed by atoms with van der Waals surface area (Å²) in [4.78, 5) is 29.9. The highest BCUT2D eigenvalue weighted by molar-refractivity contribution is 7.99. The van der Waals surface area contributed by atoms with Gasteiger partial charge in [-0.25, -0.2) is 18.5 Å². The molecule has 2 aromatic carbocycles. The van der Waals surface area contributed by atoms with Crippen LogP contribution in [-0.4, -0.2) is 43.3 Å². The van der Waals surface area contributed by atoms with Crippen LogP contribution in [0.3, 0.4) is 0 Å². The molecule has 0 saturated heterocycles. The number of amides is 1. The van der Waals surface area contributed by atoms with Gasteiger partial charge in [0.05, 0.1) is 34.2 Å². The van der Waals surface area contributed by atoms with Crippen molar-refractivity contribution in [3.8, 4) is 0 Å². The molecule has 3 rings (SSSR count). The van der Waals surface area contributed by atoms with Gasteiger partial charge in [-0.3, -0.25) is 14.2 Å². The number of benzene rings is 2. The summed E-state index contributed by atoms with van der Waals surface area (Å²) in [6.07, 6.45) is 0. The molecule has 1 unspecified atom stereocenters. The number of ether oxygens (including phenoxy) is 1. The van der Waals surface area contributed by atoms with Crippen molar-refractivity contribution in [2.45, 2.75) is 23.0 Å². The van der Waals surface area contributed by atoms with Crippen LogP contribution in [0.4, 0.5) is 5.69 Å². The number of anilines is 1. The largest absolute Gasteiger partial charge is 0.383 e. The molecule has 164 valence electrons. The average Bonchev–Trinajstić information content (AvgIpc) is 2.72. The Kier molecular flexibility index (Phi) is 7.11. The SMILES string of the molecule is COCC(C)n1c(SCC(=O)Nc2cccc(S(N)(=O)=O)c2)nc2ccccc2c1=O. The number of sulfonamides is 1. The number of thioether (sulfide) groups is 1. The van der Waals surface area contributed by atoms with E-state index in [9.17, 15) is 18.0 Å². The zero-order chi connectivity index (χ0) is 22.6. The number of primary sulfonamides is 1. The van der Waals surface area contributed by atoms with Gasteiger partial charge < -0.3 is 10.1 Å². The summed E-state index contributed by atoms with van der Waals surface area (Å²) < 4.78 is 29.7. The predicted octanol–water partition coefficient (Wildman–Crippen LogP) is 1.98. The monoisotopic (exact) mass is 462 g/mol. The van der Waals surface area contributed by atoms with E-state index in [2.05, 4.69) is 10.3 Å². The molecule has 1 amide bonds. The van der Waals surface area contributed by atoms with Gasteiger partial charge in [0.2, 0.25) is 15.9 Å². The minimum Gasteiger partial charge on any atom is -0.383 e. The van der Waals surface area contributed by atoms with Crippen molar-refractivity contribution in [2.24, 2.45) is 5.14 Å².